The van der Waals surface area contributed by atoms with Crippen molar-refractivity contribution in [1.29, 1.82) is 0 Å². The van der Waals surface area contributed by atoms with Gasteiger partial charge in [0.25, 0.3) is 5.91 Å². The van der Waals surface area contributed by atoms with E-state index in [-0.39, 0.29) is 13.1 Å². The number of nitrogens with zero attached hydrogens (tertiary/aromatic N) is 1. The van der Waals surface area contributed by atoms with Crippen LogP contribution in [-0.4, -0.2) is 72.7 Å². The minimum absolute atomic E-state index is 0.0892. The summed E-state index contributed by atoms with van der Waals surface area (Å²) in [5, 5.41) is 14.6. The molecule has 2 saturated heterocycles. The first-order chi connectivity index (χ1) is 13.4. The second-order valence-electron chi connectivity index (χ2n) is 8.43. The van der Waals surface area contributed by atoms with Crippen molar-refractivity contribution >= 4 is 30.3 Å². The van der Waals surface area contributed by atoms with Crippen LogP contribution in [0.3, 0.4) is 0 Å². The quantitative estimate of drug-likeness (QED) is 0.654. The fourth-order valence-corrected chi connectivity index (χ4v) is 3.40. The second kappa shape index (κ2) is 7.49. The summed E-state index contributed by atoms with van der Waals surface area (Å²) in [6.45, 7) is 7.42. The summed E-state index contributed by atoms with van der Waals surface area (Å²) in [6.07, 6.45) is -2.66. The van der Waals surface area contributed by atoms with Crippen LogP contribution in [0.4, 0.5) is 14.9 Å². The number of likely N-dealkylation sites (tertiary alicyclic amines) is 1. The molecule has 2 amide bonds. The molecule has 0 aromatic heterocycles. The van der Waals surface area contributed by atoms with Gasteiger partial charge in [-0.1, -0.05) is 6.07 Å². The smallest absolute Gasteiger partial charge is 0.465 e. The van der Waals surface area contributed by atoms with Gasteiger partial charge < -0.3 is 29.9 Å². The number of amides is 2. The highest BCUT2D eigenvalue weighted by atomic mass is 19.1. The van der Waals surface area contributed by atoms with E-state index in [0.29, 0.717) is 16.7 Å². The van der Waals surface area contributed by atoms with E-state index in [0.717, 1.165) is 4.90 Å². The van der Waals surface area contributed by atoms with E-state index < -0.39 is 42.5 Å². The first-order valence-corrected chi connectivity index (χ1v) is 9.55. The van der Waals surface area contributed by atoms with Gasteiger partial charge in [-0.3, -0.25) is 4.79 Å². The molecule has 0 spiro atoms. The van der Waals surface area contributed by atoms with Crippen LogP contribution in [0.2, 0.25) is 0 Å². The zero-order valence-corrected chi connectivity index (χ0v) is 17.3. The number of alkyl halides is 1. The maximum absolute atomic E-state index is 14.2. The van der Waals surface area contributed by atoms with Gasteiger partial charge in [-0.05, 0) is 45.3 Å². The number of carboxylic acid groups (broad SMARTS) is 1. The molecule has 8 nitrogen and oxygen atoms in total. The number of rotatable bonds is 4. The normalized spacial score (nSPS) is 25.2. The highest BCUT2D eigenvalue weighted by Gasteiger charge is 2.51. The molecule has 0 unspecified atom stereocenters. The molecule has 2 fully saturated rings. The number of benzene rings is 1. The van der Waals surface area contributed by atoms with E-state index >= 15 is 0 Å². The molecule has 3 rings (SSSR count). The Morgan fingerprint density at radius 3 is 2.34 bits per heavy atom. The lowest BCUT2D eigenvalue weighted by Gasteiger charge is -2.32. The molecule has 10 heteroatoms. The molecule has 0 radical (unpaired) electrons. The van der Waals surface area contributed by atoms with Crippen LogP contribution in [0.1, 0.15) is 38.1 Å². The lowest BCUT2D eigenvalue weighted by Crippen LogP contribution is -2.42. The number of anilines is 1. The first-order valence-electron chi connectivity index (χ1n) is 9.55. The topological polar surface area (TPSA) is 100 Å². The van der Waals surface area contributed by atoms with Gasteiger partial charge in [0.15, 0.2) is 0 Å². The second-order valence-corrected chi connectivity index (χ2v) is 8.43. The average Bonchev–Trinajstić information content (AvgIpc) is 3.10. The van der Waals surface area contributed by atoms with Crippen LogP contribution >= 0.6 is 0 Å². The molecular formula is C19H27BFN3O5. The van der Waals surface area contributed by atoms with Crippen LogP contribution in [-0.2, 0) is 9.31 Å². The SMILES string of the molecule is CNc1ccc(B2OC(C)(C)C(C)(C)O2)cc1C(=O)N[C@@H]1CN(C(=O)O)C[C@H]1F. The maximum atomic E-state index is 14.2. The van der Waals surface area contributed by atoms with Gasteiger partial charge in [-0.25, -0.2) is 9.18 Å². The third kappa shape index (κ3) is 4.04. The van der Waals surface area contributed by atoms with Crippen molar-refractivity contribution in [2.45, 2.75) is 51.1 Å². The molecule has 0 bridgehead atoms. The van der Waals surface area contributed by atoms with Gasteiger partial charge in [0, 0.05) is 19.3 Å². The molecule has 158 valence electrons. The number of carbonyl (C=O) groups is 2. The summed E-state index contributed by atoms with van der Waals surface area (Å²) < 4.78 is 26.3. The molecule has 0 saturated carbocycles. The zero-order chi connectivity index (χ0) is 21.6. The molecule has 1 aromatic rings. The Labute approximate surface area is 169 Å². The molecule has 1 aromatic carbocycles. The van der Waals surface area contributed by atoms with Crippen molar-refractivity contribution in [3.05, 3.63) is 23.8 Å². The van der Waals surface area contributed by atoms with Crippen molar-refractivity contribution in [3.8, 4) is 0 Å². The number of halogens is 1. The summed E-state index contributed by atoms with van der Waals surface area (Å²) in [4.78, 5) is 24.9. The van der Waals surface area contributed by atoms with Gasteiger partial charge in [-0.15, -0.1) is 0 Å². The minimum atomic E-state index is -1.46. The molecule has 2 aliphatic rings. The lowest BCUT2D eigenvalue weighted by molar-refractivity contribution is 0.00578. The van der Waals surface area contributed by atoms with E-state index in [1.165, 1.54) is 0 Å². The van der Waals surface area contributed by atoms with Gasteiger partial charge in [0.05, 0.1) is 29.4 Å². The van der Waals surface area contributed by atoms with Gasteiger partial charge in [0.1, 0.15) is 6.17 Å². The monoisotopic (exact) mass is 407 g/mol. The van der Waals surface area contributed by atoms with Gasteiger partial charge in [-0.2, -0.15) is 0 Å². The number of carbonyl (C=O) groups excluding carboxylic acids is 1. The summed E-state index contributed by atoms with van der Waals surface area (Å²) >= 11 is 0. The standard InChI is InChI=1S/C19H27BFN3O5/c1-18(2)19(3,4)29-20(28-18)11-6-7-14(22-5)12(8-11)16(25)23-15-10-24(17(26)27)9-13(15)21/h6-8,13,15,22H,9-10H2,1-5H3,(H,23,25)(H,26,27)/t13-,15-/m1/s1. The third-order valence-electron chi connectivity index (χ3n) is 5.92. The van der Waals surface area contributed by atoms with Crippen molar-refractivity contribution < 1.29 is 28.4 Å². The van der Waals surface area contributed by atoms with E-state index in [9.17, 15) is 14.0 Å². The molecule has 2 atom stereocenters. The molecule has 2 heterocycles. The number of hydrogen-bond donors (Lipinski definition) is 3. The molecule has 3 N–H and O–H groups in total. The Balaban J connectivity index is 1.81. The largest absolute Gasteiger partial charge is 0.494 e. The summed E-state index contributed by atoms with van der Waals surface area (Å²) in [7, 11) is 1.04. The van der Waals surface area contributed by atoms with Crippen LogP contribution in [0, 0.1) is 0 Å². The zero-order valence-electron chi connectivity index (χ0n) is 17.3. The molecule has 2 aliphatic heterocycles. The first kappa shape index (κ1) is 21.4. The Kier molecular flexibility index (Phi) is 5.53. The maximum Gasteiger partial charge on any atom is 0.494 e. The van der Waals surface area contributed by atoms with Crippen molar-refractivity contribution in [3.63, 3.8) is 0 Å². The highest BCUT2D eigenvalue weighted by Crippen LogP contribution is 2.36. The predicted octanol–water partition coefficient (Wildman–Crippen LogP) is 1.46. The summed E-state index contributed by atoms with van der Waals surface area (Å²) in [5.41, 5.74) is 0.496. The molecule has 0 aliphatic carbocycles. The van der Waals surface area contributed by atoms with Gasteiger partial charge >= 0.3 is 13.2 Å². The van der Waals surface area contributed by atoms with Crippen LogP contribution in [0.25, 0.3) is 0 Å². The summed E-state index contributed by atoms with van der Waals surface area (Å²) in [5.74, 6) is -0.493. The Morgan fingerprint density at radius 2 is 1.83 bits per heavy atom. The van der Waals surface area contributed by atoms with E-state index in [2.05, 4.69) is 10.6 Å². The number of nitrogens with one attached hydrogen (secondary N) is 2. The van der Waals surface area contributed by atoms with E-state index in [1.54, 1.807) is 19.2 Å². The Bertz CT molecular complexity index is 803. The summed E-state index contributed by atoms with van der Waals surface area (Å²) in [6, 6.07) is 4.30. The van der Waals surface area contributed by atoms with E-state index in [4.69, 9.17) is 14.4 Å². The fourth-order valence-electron chi connectivity index (χ4n) is 3.40. The van der Waals surface area contributed by atoms with Gasteiger partial charge in [0.2, 0.25) is 0 Å². The highest BCUT2D eigenvalue weighted by molar-refractivity contribution is 6.62. The number of hydrogen-bond acceptors (Lipinski definition) is 5. The molecule has 29 heavy (non-hydrogen) atoms. The van der Waals surface area contributed by atoms with Crippen LogP contribution < -0.4 is 16.1 Å². The Morgan fingerprint density at radius 1 is 1.21 bits per heavy atom. The van der Waals surface area contributed by atoms with Crippen molar-refractivity contribution in [2.24, 2.45) is 0 Å². The van der Waals surface area contributed by atoms with E-state index in [1.807, 2.05) is 33.8 Å². The Hall–Kier alpha value is -2.33. The van der Waals surface area contributed by atoms with Crippen LogP contribution in [0.5, 0.6) is 0 Å². The van der Waals surface area contributed by atoms with Crippen molar-refractivity contribution in [1.82, 2.24) is 10.2 Å². The lowest BCUT2D eigenvalue weighted by atomic mass is 9.78. The van der Waals surface area contributed by atoms with Crippen molar-refractivity contribution in [2.75, 3.05) is 25.5 Å². The average molecular weight is 407 g/mol. The minimum Gasteiger partial charge on any atom is -0.465 e. The third-order valence-corrected chi connectivity index (χ3v) is 5.92. The predicted molar refractivity (Wildman–Crippen MR) is 107 cm³/mol. The molecular weight excluding hydrogens is 380 g/mol. The fraction of sp³-hybridized carbons (Fsp3) is 0.579. The van der Waals surface area contributed by atoms with Crippen LogP contribution in [0.15, 0.2) is 18.2 Å².